The molecule has 0 aliphatic heterocycles. The third-order valence-electron chi connectivity index (χ3n) is 4.60. The van der Waals surface area contributed by atoms with Crippen molar-refractivity contribution < 1.29 is 4.74 Å². The van der Waals surface area contributed by atoms with E-state index in [1.54, 1.807) is 0 Å². The molecule has 2 nitrogen and oxygen atoms in total. The first-order valence-electron chi connectivity index (χ1n) is 9.71. The van der Waals surface area contributed by atoms with Gasteiger partial charge >= 0.3 is 0 Å². The summed E-state index contributed by atoms with van der Waals surface area (Å²) in [5, 5.41) is 2.35. The van der Waals surface area contributed by atoms with Gasteiger partial charge < -0.3 is 10.5 Å². The van der Waals surface area contributed by atoms with E-state index in [9.17, 15) is 0 Å². The lowest BCUT2D eigenvalue weighted by Gasteiger charge is -2.08. The highest BCUT2D eigenvalue weighted by Gasteiger charge is 1.99. The Morgan fingerprint density at radius 2 is 1.29 bits per heavy atom. The molecule has 0 atom stereocenters. The third kappa shape index (κ3) is 6.82. The Balaban J connectivity index is 1.54. The molecule has 2 rings (SSSR count). The maximum Gasteiger partial charge on any atom is 0.119 e. The molecule has 0 spiro atoms. The topological polar surface area (TPSA) is 35.2 Å². The first-order valence-corrected chi connectivity index (χ1v) is 9.71. The summed E-state index contributed by atoms with van der Waals surface area (Å²) in [7, 11) is 0. The first-order chi connectivity index (χ1) is 11.8. The zero-order valence-corrected chi connectivity index (χ0v) is 15.2. The molecule has 0 heterocycles. The molecule has 0 saturated heterocycles. The number of nitrogens with two attached hydrogens (primary N) is 1. The highest BCUT2D eigenvalue weighted by Crippen LogP contribution is 2.23. The Morgan fingerprint density at radius 1 is 0.708 bits per heavy atom. The van der Waals surface area contributed by atoms with Gasteiger partial charge in [0.15, 0.2) is 0 Å². The fraction of sp³-hybridized carbons (Fsp3) is 0.545. The molecular weight excluding hydrogens is 294 g/mol. The SMILES string of the molecule is CCCCCCCCCCCCOc1ccc2cc(N)ccc2c1. The minimum absolute atomic E-state index is 0.807. The number of nitrogen functional groups attached to an aromatic ring is 1. The van der Waals surface area contributed by atoms with Gasteiger partial charge in [-0.2, -0.15) is 0 Å². The molecule has 132 valence electrons. The number of rotatable bonds is 12. The van der Waals surface area contributed by atoms with Gasteiger partial charge in [0.25, 0.3) is 0 Å². The van der Waals surface area contributed by atoms with Gasteiger partial charge in [-0.25, -0.2) is 0 Å². The minimum atomic E-state index is 0.807. The van der Waals surface area contributed by atoms with Crippen LogP contribution in [0.1, 0.15) is 71.1 Å². The molecule has 0 amide bonds. The van der Waals surface area contributed by atoms with E-state index in [1.807, 2.05) is 18.2 Å². The predicted molar refractivity (Wildman–Crippen MR) is 106 cm³/mol. The number of hydrogen-bond acceptors (Lipinski definition) is 2. The van der Waals surface area contributed by atoms with Crippen LogP contribution in [0, 0.1) is 0 Å². The van der Waals surface area contributed by atoms with Crippen molar-refractivity contribution in [2.24, 2.45) is 0 Å². The molecule has 0 radical (unpaired) electrons. The van der Waals surface area contributed by atoms with Crippen molar-refractivity contribution in [1.82, 2.24) is 0 Å². The lowest BCUT2D eigenvalue weighted by atomic mass is 10.1. The zero-order chi connectivity index (χ0) is 17.0. The van der Waals surface area contributed by atoms with Gasteiger partial charge in [-0.1, -0.05) is 76.8 Å². The van der Waals surface area contributed by atoms with E-state index in [1.165, 1.54) is 68.6 Å². The van der Waals surface area contributed by atoms with Crippen LogP contribution in [0.2, 0.25) is 0 Å². The van der Waals surface area contributed by atoms with Crippen LogP contribution in [-0.2, 0) is 0 Å². The largest absolute Gasteiger partial charge is 0.494 e. The van der Waals surface area contributed by atoms with E-state index in [-0.39, 0.29) is 0 Å². The van der Waals surface area contributed by atoms with Gasteiger partial charge in [0, 0.05) is 5.69 Å². The van der Waals surface area contributed by atoms with Gasteiger partial charge in [-0.3, -0.25) is 0 Å². The summed E-state index contributed by atoms with van der Waals surface area (Å²) in [5.41, 5.74) is 6.62. The standard InChI is InChI=1S/C22H33NO/c1-2-3-4-5-6-7-8-9-10-11-16-24-22-15-13-19-17-21(23)14-12-20(19)18-22/h12-15,17-18H,2-11,16,23H2,1H3. The minimum Gasteiger partial charge on any atom is -0.494 e. The van der Waals surface area contributed by atoms with Gasteiger partial charge in [-0.05, 0) is 41.5 Å². The van der Waals surface area contributed by atoms with Gasteiger partial charge in [0.1, 0.15) is 5.75 Å². The van der Waals surface area contributed by atoms with Crippen molar-refractivity contribution in [2.45, 2.75) is 71.1 Å². The van der Waals surface area contributed by atoms with Gasteiger partial charge in [-0.15, -0.1) is 0 Å². The van der Waals surface area contributed by atoms with E-state index < -0.39 is 0 Å². The summed E-state index contributed by atoms with van der Waals surface area (Å²) < 4.78 is 5.89. The second kappa shape index (κ2) is 11.0. The number of anilines is 1. The molecular formula is C22H33NO. The molecule has 2 aromatic carbocycles. The molecule has 2 aromatic rings. The molecule has 0 bridgehead atoms. The van der Waals surface area contributed by atoms with Gasteiger partial charge in [0.05, 0.1) is 6.61 Å². The fourth-order valence-electron chi connectivity index (χ4n) is 3.11. The van der Waals surface area contributed by atoms with Crippen molar-refractivity contribution in [1.29, 1.82) is 0 Å². The fourth-order valence-corrected chi connectivity index (χ4v) is 3.11. The zero-order valence-electron chi connectivity index (χ0n) is 15.2. The Hall–Kier alpha value is -1.70. The van der Waals surface area contributed by atoms with Gasteiger partial charge in [0.2, 0.25) is 0 Å². The van der Waals surface area contributed by atoms with Crippen molar-refractivity contribution in [2.75, 3.05) is 12.3 Å². The normalized spacial score (nSPS) is 11.0. The average Bonchev–Trinajstić information content (AvgIpc) is 2.59. The lowest BCUT2D eigenvalue weighted by molar-refractivity contribution is 0.304. The number of ether oxygens (including phenoxy) is 1. The molecule has 2 N–H and O–H groups in total. The van der Waals surface area contributed by atoms with Crippen LogP contribution in [0.4, 0.5) is 5.69 Å². The van der Waals surface area contributed by atoms with E-state index >= 15 is 0 Å². The summed E-state index contributed by atoms with van der Waals surface area (Å²) in [5.74, 6) is 0.961. The van der Waals surface area contributed by atoms with Crippen molar-refractivity contribution in [3.8, 4) is 5.75 Å². The first kappa shape index (κ1) is 18.6. The van der Waals surface area contributed by atoms with E-state index in [0.29, 0.717) is 0 Å². The van der Waals surface area contributed by atoms with Crippen LogP contribution >= 0.6 is 0 Å². The molecule has 0 fully saturated rings. The van der Waals surface area contributed by atoms with Crippen LogP contribution in [-0.4, -0.2) is 6.61 Å². The Bertz CT molecular complexity index is 594. The molecule has 0 aliphatic rings. The summed E-state index contributed by atoms with van der Waals surface area (Å²) >= 11 is 0. The second-order valence-electron chi connectivity index (χ2n) is 6.80. The highest BCUT2D eigenvalue weighted by atomic mass is 16.5. The number of unbranched alkanes of at least 4 members (excludes halogenated alkanes) is 9. The van der Waals surface area contributed by atoms with E-state index in [2.05, 4.69) is 25.1 Å². The van der Waals surface area contributed by atoms with Crippen LogP contribution in [0.25, 0.3) is 10.8 Å². The van der Waals surface area contributed by atoms with Crippen molar-refractivity contribution >= 4 is 16.5 Å². The van der Waals surface area contributed by atoms with E-state index in [0.717, 1.165) is 24.5 Å². The van der Waals surface area contributed by atoms with Crippen molar-refractivity contribution in [3.05, 3.63) is 36.4 Å². The highest BCUT2D eigenvalue weighted by molar-refractivity contribution is 5.86. The molecule has 0 aliphatic carbocycles. The number of benzene rings is 2. The predicted octanol–water partition coefficient (Wildman–Crippen LogP) is 6.72. The van der Waals surface area contributed by atoms with Crippen LogP contribution in [0.3, 0.4) is 0 Å². The molecule has 0 unspecified atom stereocenters. The summed E-state index contributed by atoms with van der Waals surface area (Å²) in [6.45, 7) is 3.09. The lowest BCUT2D eigenvalue weighted by Crippen LogP contribution is -1.97. The van der Waals surface area contributed by atoms with Crippen LogP contribution in [0.15, 0.2) is 36.4 Å². The molecule has 24 heavy (non-hydrogen) atoms. The maximum atomic E-state index is 5.89. The molecule has 0 saturated carbocycles. The van der Waals surface area contributed by atoms with Crippen LogP contribution < -0.4 is 10.5 Å². The maximum absolute atomic E-state index is 5.89. The summed E-state index contributed by atoms with van der Waals surface area (Å²) in [6.07, 6.45) is 13.5. The molecule has 2 heteroatoms. The Labute approximate surface area is 147 Å². The number of hydrogen-bond donors (Lipinski definition) is 1. The summed E-state index contributed by atoms with van der Waals surface area (Å²) in [4.78, 5) is 0. The Kier molecular flexibility index (Phi) is 8.51. The smallest absolute Gasteiger partial charge is 0.119 e. The Morgan fingerprint density at radius 3 is 2.00 bits per heavy atom. The monoisotopic (exact) mass is 327 g/mol. The van der Waals surface area contributed by atoms with E-state index in [4.69, 9.17) is 10.5 Å². The van der Waals surface area contributed by atoms with Crippen molar-refractivity contribution in [3.63, 3.8) is 0 Å². The third-order valence-corrected chi connectivity index (χ3v) is 4.60. The second-order valence-corrected chi connectivity index (χ2v) is 6.80. The summed E-state index contributed by atoms with van der Waals surface area (Å²) in [6, 6.07) is 12.2. The number of fused-ring (bicyclic) bond motifs is 1. The molecule has 0 aromatic heterocycles. The average molecular weight is 328 g/mol. The quantitative estimate of drug-likeness (QED) is 0.347. The van der Waals surface area contributed by atoms with Crippen LogP contribution in [0.5, 0.6) is 5.75 Å².